The molecule has 6 rings (SSSR count). The third-order valence-corrected chi connectivity index (χ3v) is 7.67. The Morgan fingerprint density at radius 1 is 1.26 bits per heavy atom. The fourth-order valence-corrected chi connectivity index (χ4v) is 5.56. The Kier molecular flexibility index (Phi) is 5.20. The maximum atomic E-state index is 13.5. The molecule has 0 unspecified atom stereocenters. The molecule has 0 bridgehead atoms. The summed E-state index contributed by atoms with van der Waals surface area (Å²) in [6.07, 6.45) is 5.91. The molecule has 3 aliphatic rings. The van der Waals surface area contributed by atoms with E-state index in [2.05, 4.69) is 14.9 Å². The maximum Gasteiger partial charge on any atom is 0.242 e. The molecule has 3 aromatic rings. The van der Waals surface area contributed by atoms with Gasteiger partial charge in [-0.15, -0.1) is 0 Å². The maximum absolute atomic E-state index is 13.5. The van der Waals surface area contributed by atoms with Gasteiger partial charge in [0.25, 0.3) is 0 Å². The van der Waals surface area contributed by atoms with Gasteiger partial charge in [0.15, 0.2) is 11.4 Å². The van der Waals surface area contributed by atoms with Gasteiger partial charge in [-0.05, 0) is 49.3 Å². The quantitative estimate of drug-likeness (QED) is 0.523. The number of hydrogen-bond acceptors (Lipinski definition) is 8. The van der Waals surface area contributed by atoms with Gasteiger partial charge in [-0.2, -0.15) is 0 Å². The number of nitrogens with one attached hydrogen (secondary N) is 1. The molecule has 2 aliphatic heterocycles. The van der Waals surface area contributed by atoms with Crippen LogP contribution < -0.4 is 14.4 Å². The SMILES string of the molecule is CS(=O)(=O)Nc1noc2cc3c(cc12)C1(CC1)C(=O)N3c1cnc(OCC2CCOCC2)c(Cl)c1. The molecule has 2 aromatic heterocycles. The lowest BCUT2D eigenvalue weighted by Gasteiger charge is -2.22. The molecule has 0 radical (unpaired) electrons. The number of anilines is 3. The van der Waals surface area contributed by atoms with E-state index in [4.69, 9.17) is 25.6 Å². The van der Waals surface area contributed by atoms with Crippen molar-refractivity contribution in [3.8, 4) is 5.88 Å². The molecule has 1 amide bonds. The normalized spacial score (nSPS) is 19.4. The first-order chi connectivity index (χ1) is 16.7. The standard InChI is InChI=1S/C23H23ClN4O6S/c1-35(30,31)27-20-15-9-16-18(10-19(15)34-26-20)28(22(29)23(16)4-5-23)14-8-17(24)21(25-11-14)33-12-13-2-6-32-7-3-13/h8-11,13H,2-7,12H2,1H3,(H,26,27). The Hall–Kier alpha value is -2.89. The third kappa shape index (κ3) is 3.91. The highest BCUT2D eigenvalue weighted by Gasteiger charge is 2.60. The van der Waals surface area contributed by atoms with Gasteiger partial charge in [-0.1, -0.05) is 16.8 Å². The van der Waals surface area contributed by atoms with E-state index in [9.17, 15) is 13.2 Å². The van der Waals surface area contributed by atoms with Crippen LogP contribution in [0.15, 0.2) is 28.9 Å². The van der Waals surface area contributed by atoms with E-state index in [1.807, 2.05) is 0 Å². The first kappa shape index (κ1) is 22.6. The van der Waals surface area contributed by atoms with E-state index in [-0.39, 0.29) is 11.7 Å². The summed E-state index contributed by atoms with van der Waals surface area (Å²) >= 11 is 6.50. The zero-order valence-electron chi connectivity index (χ0n) is 18.9. The number of ether oxygens (including phenoxy) is 2. The van der Waals surface area contributed by atoms with Gasteiger partial charge >= 0.3 is 0 Å². The first-order valence-corrected chi connectivity index (χ1v) is 13.6. The topological polar surface area (TPSA) is 124 Å². The molecule has 1 saturated heterocycles. The minimum atomic E-state index is -3.54. The van der Waals surface area contributed by atoms with Crippen molar-refractivity contribution in [1.82, 2.24) is 10.1 Å². The minimum Gasteiger partial charge on any atom is -0.476 e. The van der Waals surface area contributed by atoms with Crippen LogP contribution in [0.25, 0.3) is 11.0 Å². The Balaban J connectivity index is 1.33. The lowest BCUT2D eigenvalue weighted by molar-refractivity contribution is -0.119. The fraction of sp³-hybridized carbons (Fsp3) is 0.435. The number of nitrogens with zero attached hydrogens (tertiary/aromatic N) is 3. The summed E-state index contributed by atoms with van der Waals surface area (Å²) in [7, 11) is -3.54. The molecule has 0 atom stereocenters. The minimum absolute atomic E-state index is 0.0699. The van der Waals surface area contributed by atoms with E-state index in [0.29, 0.717) is 58.6 Å². The van der Waals surface area contributed by atoms with Crippen LogP contribution in [-0.4, -0.2) is 50.5 Å². The second-order valence-corrected chi connectivity index (χ2v) is 11.5. The molecule has 1 aliphatic carbocycles. The van der Waals surface area contributed by atoms with E-state index in [1.54, 1.807) is 29.3 Å². The van der Waals surface area contributed by atoms with Gasteiger partial charge in [0.05, 0.1) is 41.2 Å². The average Bonchev–Trinajstić information content (AvgIpc) is 3.49. The number of halogens is 1. The van der Waals surface area contributed by atoms with Gasteiger partial charge in [-0.25, -0.2) is 13.4 Å². The second-order valence-electron chi connectivity index (χ2n) is 9.34. The summed E-state index contributed by atoms with van der Waals surface area (Å²) in [6.45, 7) is 1.98. The van der Waals surface area contributed by atoms with Gasteiger partial charge in [0.2, 0.25) is 21.8 Å². The molecular formula is C23H23ClN4O6S. The molecule has 35 heavy (non-hydrogen) atoms. The molecule has 1 N–H and O–H groups in total. The van der Waals surface area contributed by atoms with Crippen LogP contribution in [0.3, 0.4) is 0 Å². The van der Waals surface area contributed by atoms with Crippen LogP contribution in [0.1, 0.15) is 31.2 Å². The zero-order valence-corrected chi connectivity index (χ0v) is 20.5. The van der Waals surface area contributed by atoms with Gasteiger partial charge in [0.1, 0.15) is 5.02 Å². The second kappa shape index (κ2) is 8.07. The van der Waals surface area contributed by atoms with Crippen LogP contribution in [0.2, 0.25) is 5.02 Å². The van der Waals surface area contributed by atoms with Crippen molar-refractivity contribution >= 4 is 55.7 Å². The molecule has 1 spiro atoms. The van der Waals surface area contributed by atoms with Gasteiger partial charge < -0.3 is 14.0 Å². The number of aromatic nitrogens is 2. The summed E-state index contributed by atoms with van der Waals surface area (Å²) in [5.74, 6) is 0.758. The van der Waals surface area contributed by atoms with Crippen molar-refractivity contribution in [3.05, 3.63) is 35.0 Å². The molecule has 10 nitrogen and oxygen atoms in total. The number of hydrogen-bond donors (Lipinski definition) is 1. The van der Waals surface area contributed by atoms with Crippen LogP contribution in [0.4, 0.5) is 17.2 Å². The Bertz CT molecular complexity index is 1450. The summed E-state index contributed by atoms with van der Waals surface area (Å²) in [5, 5.41) is 4.69. The van der Waals surface area contributed by atoms with E-state index in [1.165, 1.54) is 0 Å². The number of pyridine rings is 1. The van der Waals surface area contributed by atoms with Gasteiger partial charge in [0, 0.05) is 19.3 Å². The fourth-order valence-electron chi connectivity index (χ4n) is 4.85. The van der Waals surface area contributed by atoms with E-state index in [0.717, 1.165) is 37.9 Å². The molecule has 2 fully saturated rings. The predicted molar refractivity (Wildman–Crippen MR) is 129 cm³/mol. The number of benzene rings is 1. The average molecular weight is 519 g/mol. The van der Waals surface area contributed by atoms with Crippen molar-refractivity contribution in [3.63, 3.8) is 0 Å². The summed E-state index contributed by atoms with van der Waals surface area (Å²) in [5.41, 5.74) is 1.70. The largest absolute Gasteiger partial charge is 0.476 e. The van der Waals surface area contributed by atoms with Crippen molar-refractivity contribution in [2.24, 2.45) is 5.92 Å². The molecule has 1 aromatic carbocycles. The molecule has 12 heteroatoms. The Labute approximate surface area is 206 Å². The number of rotatable bonds is 6. The number of carbonyl (C=O) groups is 1. The van der Waals surface area contributed by atoms with Crippen molar-refractivity contribution < 1.29 is 27.2 Å². The van der Waals surface area contributed by atoms with Crippen molar-refractivity contribution in [1.29, 1.82) is 0 Å². The van der Waals surface area contributed by atoms with Crippen LogP contribution in [0, 0.1) is 5.92 Å². The highest BCUT2D eigenvalue weighted by atomic mass is 35.5. The number of sulfonamides is 1. The van der Waals surface area contributed by atoms with E-state index >= 15 is 0 Å². The smallest absolute Gasteiger partial charge is 0.242 e. The molecule has 1 saturated carbocycles. The number of carbonyl (C=O) groups excluding carboxylic acids is 1. The Morgan fingerprint density at radius 3 is 2.71 bits per heavy atom. The third-order valence-electron chi connectivity index (χ3n) is 6.84. The lowest BCUT2D eigenvalue weighted by atomic mass is 9.96. The first-order valence-electron chi connectivity index (χ1n) is 11.4. The zero-order chi connectivity index (χ0) is 24.4. The van der Waals surface area contributed by atoms with Gasteiger partial charge in [-0.3, -0.25) is 14.4 Å². The van der Waals surface area contributed by atoms with Crippen molar-refractivity contribution in [2.75, 3.05) is 35.7 Å². The Morgan fingerprint density at radius 2 is 2.03 bits per heavy atom. The van der Waals surface area contributed by atoms with Crippen LogP contribution in [-0.2, 0) is 25.0 Å². The highest BCUT2D eigenvalue weighted by Crippen LogP contribution is 2.60. The summed E-state index contributed by atoms with van der Waals surface area (Å²) < 4.78 is 42.4. The molecular weight excluding hydrogens is 496 g/mol. The lowest BCUT2D eigenvalue weighted by Crippen LogP contribution is -2.28. The molecule has 184 valence electrons. The van der Waals surface area contributed by atoms with E-state index < -0.39 is 15.4 Å². The monoisotopic (exact) mass is 518 g/mol. The van der Waals surface area contributed by atoms with Crippen LogP contribution in [0.5, 0.6) is 5.88 Å². The predicted octanol–water partition coefficient (Wildman–Crippen LogP) is 3.76. The molecule has 4 heterocycles. The highest BCUT2D eigenvalue weighted by molar-refractivity contribution is 7.92. The van der Waals surface area contributed by atoms with Crippen LogP contribution >= 0.6 is 11.6 Å². The van der Waals surface area contributed by atoms with Crippen molar-refractivity contribution in [2.45, 2.75) is 31.1 Å². The number of amides is 1. The summed E-state index contributed by atoms with van der Waals surface area (Å²) in [4.78, 5) is 19.5. The number of fused-ring (bicyclic) bond motifs is 3. The summed E-state index contributed by atoms with van der Waals surface area (Å²) in [6, 6.07) is 5.18.